The zero-order chi connectivity index (χ0) is 13.0. The number of benzene rings is 1. The molecule has 0 aliphatic carbocycles. The summed E-state index contributed by atoms with van der Waals surface area (Å²) in [5.41, 5.74) is 2.46. The van der Waals surface area contributed by atoms with Crippen LogP contribution in [0.4, 0.5) is 5.69 Å². The van der Waals surface area contributed by atoms with E-state index in [2.05, 4.69) is 48.6 Å². The van der Waals surface area contributed by atoms with Crippen LogP contribution < -0.4 is 5.32 Å². The summed E-state index contributed by atoms with van der Waals surface area (Å²) < 4.78 is 0. The molecule has 1 aromatic carbocycles. The lowest BCUT2D eigenvalue weighted by Gasteiger charge is -2.10. The van der Waals surface area contributed by atoms with Gasteiger partial charge in [-0.2, -0.15) is 0 Å². The Kier molecular flexibility index (Phi) is 4.64. The minimum absolute atomic E-state index is 0.818. The van der Waals surface area contributed by atoms with Crippen LogP contribution >= 0.6 is 22.9 Å². The van der Waals surface area contributed by atoms with Gasteiger partial charge in [-0.3, -0.25) is 0 Å². The maximum atomic E-state index is 5.89. The molecule has 4 heteroatoms. The lowest BCUT2D eigenvalue weighted by Crippen LogP contribution is -2.10. The highest BCUT2D eigenvalue weighted by Gasteiger charge is 1.99. The van der Waals surface area contributed by atoms with E-state index in [1.165, 1.54) is 10.4 Å². The van der Waals surface area contributed by atoms with Gasteiger partial charge >= 0.3 is 0 Å². The van der Waals surface area contributed by atoms with Gasteiger partial charge in [0, 0.05) is 29.0 Å². The molecular formula is C14H17ClN2S. The largest absolute Gasteiger partial charge is 0.380 e. The Morgan fingerprint density at radius 1 is 1.22 bits per heavy atom. The number of halogens is 1. The molecule has 2 nitrogen and oxygen atoms in total. The number of hydrogen-bond donors (Lipinski definition) is 1. The first-order chi connectivity index (χ1) is 8.63. The van der Waals surface area contributed by atoms with Crippen LogP contribution in [0.25, 0.3) is 0 Å². The second-order valence-corrected chi connectivity index (χ2v) is 5.95. The van der Waals surface area contributed by atoms with Crippen LogP contribution in [0.3, 0.4) is 0 Å². The summed E-state index contributed by atoms with van der Waals surface area (Å²) in [4.78, 5) is 3.41. The van der Waals surface area contributed by atoms with E-state index < -0.39 is 0 Å². The van der Waals surface area contributed by atoms with Gasteiger partial charge in [0.2, 0.25) is 0 Å². The second kappa shape index (κ2) is 6.23. The topological polar surface area (TPSA) is 15.3 Å². The lowest BCUT2D eigenvalue weighted by atomic mass is 10.2. The summed E-state index contributed by atoms with van der Waals surface area (Å²) in [5, 5.41) is 6.17. The highest BCUT2D eigenvalue weighted by atomic mass is 35.5. The van der Waals surface area contributed by atoms with E-state index in [1.807, 2.05) is 11.4 Å². The SMILES string of the molecule is CN(C)Cc1ccc(NCc2cc(Cl)cs2)cc1. The van der Waals surface area contributed by atoms with Crippen molar-refractivity contribution < 1.29 is 0 Å². The van der Waals surface area contributed by atoms with Gasteiger partial charge in [0.25, 0.3) is 0 Å². The molecule has 18 heavy (non-hydrogen) atoms. The number of rotatable bonds is 5. The predicted molar refractivity (Wildman–Crippen MR) is 80.5 cm³/mol. The average molecular weight is 281 g/mol. The summed E-state index contributed by atoms with van der Waals surface area (Å²) >= 11 is 7.57. The number of nitrogens with one attached hydrogen (secondary N) is 1. The molecule has 0 aliphatic rings. The average Bonchev–Trinajstić information content (AvgIpc) is 2.74. The molecule has 0 amide bonds. The Balaban J connectivity index is 1.90. The Morgan fingerprint density at radius 3 is 2.50 bits per heavy atom. The van der Waals surface area contributed by atoms with Crippen LogP contribution in [0.2, 0.25) is 5.02 Å². The lowest BCUT2D eigenvalue weighted by molar-refractivity contribution is 0.402. The maximum Gasteiger partial charge on any atom is 0.0516 e. The van der Waals surface area contributed by atoms with Crippen LogP contribution in [0.5, 0.6) is 0 Å². The van der Waals surface area contributed by atoms with Crippen LogP contribution in [0, 0.1) is 0 Å². The standard InChI is InChI=1S/C14H17ClN2S/c1-17(2)9-11-3-5-13(6-4-11)16-8-14-7-12(15)10-18-14/h3-7,10,16H,8-9H2,1-2H3. The highest BCUT2D eigenvalue weighted by molar-refractivity contribution is 7.10. The zero-order valence-corrected chi connectivity index (χ0v) is 12.2. The summed E-state index contributed by atoms with van der Waals surface area (Å²) in [5.74, 6) is 0. The van der Waals surface area contributed by atoms with Gasteiger partial charge in [0.05, 0.1) is 5.02 Å². The fraction of sp³-hybridized carbons (Fsp3) is 0.286. The minimum atomic E-state index is 0.818. The minimum Gasteiger partial charge on any atom is -0.380 e. The van der Waals surface area contributed by atoms with E-state index in [0.29, 0.717) is 0 Å². The molecule has 0 atom stereocenters. The third kappa shape index (κ3) is 4.02. The van der Waals surface area contributed by atoms with E-state index in [1.54, 1.807) is 11.3 Å². The fourth-order valence-corrected chi connectivity index (χ4v) is 2.74. The molecule has 1 aromatic heterocycles. The van der Waals surface area contributed by atoms with Crippen molar-refractivity contribution in [3.63, 3.8) is 0 Å². The zero-order valence-electron chi connectivity index (χ0n) is 10.6. The molecule has 2 aromatic rings. The van der Waals surface area contributed by atoms with Gasteiger partial charge in [0.1, 0.15) is 0 Å². The molecule has 1 N–H and O–H groups in total. The van der Waals surface area contributed by atoms with Crippen molar-refractivity contribution in [2.24, 2.45) is 0 Å². The van der Waals surface area contributed by atoms with Crippen LogP contribution in [0.1, 0.15) is 10.4 Å². The smallest absolute Gasteiger partial charge is 0.0516 e. The van der Waals surface area contributed by atoms with Crippen LogP contribution in [0.15, 0.2) is 35.7 Å². The Hall–Kier alpha value is -1.03. The maximum absolute atomic E-state index is 5.89. The van der Waals surface area contributed by atoms with Gasteiger partial charge in [-0.25, -0.2) is 0 Å². The van der Waals surface area contributed by atoms with E-state index >= 15 is 0 Å². The Labute approximate surface area is 117 Å². The van der Waals surface area contributed by atoms with Crippen molar-refractivity contribution >= 4 is 28.6 Å². The van der Waals surface area contributed by atoms with Gasteiger partial charge in [-0.05, 0) is 37.9 Å². The quantitative estimate of drug-likeness (QED) is 0.888. The predicted octanol–water partition coefficient (Wildman–Crippen LogP) is 4.08. The first kappa shape index (κ1) is 13.4. The molecule has 0 unspecified atom stereocenters. The number of nitrogens with zero attached hydrogens (tertiary/aromatic N) is 1. The van der Waals surface area contributed by atoms with E-state index in [-0.39, 0.29) is 0 Å². The van der Waals surface area contributed by atoms with Gasteiger partial charge in [-0.15, -0.1) is 11.3 Å². The normalized spacial score (nSPS) is 10.9. The molecule has 2 rings (SSSR count). The van der Waals surface area contributed by atoms with E-state index in [9.17, 15) is 0 Å². The van der Waals surface area contributed by atoms with Gasteiger partial charge in [-0.1, -0.05) is 23.7 Å². The molecule has 0 bridgehead atoms. The van der Waals surface area contributed by atoms with Gasteiger partial charge < -0.3 is 10.2 Å². The van der Waals surface area contributed by atoms with Crippen LogP contribution in [-0.2, 0) is 13.1 Å². The van der Waals surface area contributed by atoms with Crippen molar-refractivity contribution in [3.05, 3.63) is 51.2 Å². The third-order valence-electron chi connectivity index (χ3n) is 2.54. The second-order valence-electron chi connectivity index (χ2n) is 4.52. The molecule has 0 saturated heterocycles. The monoisotopic (exact) mass is 280 g/mol. The van der Waals surface area contributed by atoms with E-state index in [0.717, 1.165) is 23.8 Å². The van der Waals surface area contributed by atoms with Crippen molar-refractivity contribution in [1.82, 2.24) is 4.90 Å². The molecule has 0 radical (unpaired) electrons. The Morgan fingerprint density at radius 2 is 1.94 bits per heavy atom. The first-order valence-corrected chi connectivity index (χ1v) is 7.10. The Bertz CT molecular complexity index is 491. The summed E-state index contributed by atoms with van der Waals surface area (Å²) in [6.45, 7) is 1.80. The van der Waals surface area contributed by atoms with Crippen molar-refractivity contribution in [2.45, 2.75) is 13.1 Å². The first-order valence-electron chi connectivity index (χ1n) is 5.84. The van der Waals surface area contributed by atoms with Crippen molar-refractivity contribution in [2.75, 3.05) is 19.4 Å². The molecule has 0 spiro atoms. The van der Waals surface area contributed by atoms with Crippen molar-refractivity contribution in [1.29, 1.82) is 0 Å². The highest BCUT2D eigenvalue weighted by Crippen LogP contribution is 2.20. The molecule has 1 heterocycles. The number of thiophene rings is 1. The fourth-order valence-electron chi connectivity index (χ4n) is 1.73. The molecule has 0 fully saturated rings. The number of anilines is 1. The number of hydrogen-bond acceptors (Lipinski definition) is 3. The molecular weight excluding hydrogens is 264 g/mol. The molecule has 0 aliphatic heterocycles. The summed E-state index contributed by atoms with van der Waals surface area (Å²) in [6, 6.07) is 10.6. The molecule has 96 valence electrons. The van der Waals surface area contributed by atoms with E-state index in [4.69, 9.17) is 11.6 Å². The summed E-state index contributed by atoms with van der Waals surface area (Å²) in [7, 11) is 4.15. The third-order valence-corrected chi connectivity index (χ3v) is 3.83. The van der Waals surface area contributed by atoms with Gasteiger partial charge in [0.15, 0.2) is 0 Å². The molecule has 0 saturated carbocycles. The summed E-state index contributed by atoms with van der Waals surface area (Å²) in [6.07, 6.45) is 0. The van der Waals surface area contributed by atoms with Crippen LogP contribution in [-0.4, -0.2) is 19.0 Å². The van der Waals surface area contributed by atoms with Crippen molar-refractivity contribution in [3.8, 4) is 0 Å².